The van der Waals surface area contributed by atoms with Gasteiger partial charge in [0.15, 0.2) is 18.4 Å². The van der Waals surface area contributed by atoms with Crippen LogP contribution in [-0.2, 0) is 33.3 Å². The summed E-state index contributed by atoms with van der Waals surface area (Å²) in [5.74, 6) is -2.06. The SMILES string of the molecule is CC(=O)OC[C@H]1O[C@@H](n2cc(/C(Cl)=C\I)c(=O)[nH]c2=O)[C@H](OC(C)=O)[C@@H]1OC(C)=O. The molecule has 0 aliphatic carbocycles. The Labute approximate surface area is 188 Å². The first-order chi connectivity index (χ1) is 14.0. The van der Waals surface area contributed by atoms with Crippen LogP contribution in [0.5, 0.6) is 0 Å². The molecule has 13 heteroatoms. The first kappa shape index (κ1) is 24.1. The summed E-state index contributed by atoms with van der Waals surface area (Å²) in [6, 6.07) is 0. The van der Waals surface area contributed by atoms with Gasteiger partial charge in [-0.2, -0.15) is 0 Å². The number of aromatic nitrogens is 2. The summed E-state index contributed by atoms with van der Waals surface area (Å²) in [6.45, 7) is 3.10. The lowest BCUT2D eigenvalue weighted by molar-refractivity contribution is -0.166. The van der Waals surface area contributed by atoms with E-state index in [0.29, 0.717) is 0 Å². The molecule has 2 heterocycles. The highest BCUT2D eigenvalue weighted by Gasteiger charge is 2.51. The summed E-state index contributed by atoms with van der Waals surface area (Å²) in [6.07, 6.45) is -3.68. The van der Waals surface area contributed by atoms with Crippen LogP contribution in [0.2, 0.25) is 0 Å². The molecule has 164 valence electrons. The largest absolute Gasteiger partial charge is 0.463 e. The van der Waals surface area contributed by atoms with Crippen molar-refractivity contribution >= 4 is 57.1 Å². The molecule has 2 rings (SSSR count). The number of nitrogens with one attached hydrogen (secondary N) is 1. The zero-order valence-corrected chi connectivity index (χ0v) is 19.0. The van der Waals surface area contributed by atoms with E-state index >= 15 is 0 Å². The number of nitrogens with zero attached hydrogens (tertiary/aromatic N) is 1. The molecule has 1 aliphatic heterocycles. The molecule has 1 fully saturated rings. The molecule has 1 aromatic rings. The van der Waals surface area contributed by atoms with E-state index in [1.54, 1.807) is 0 Å². The van der Waals surface area contributed by atoms with Crippen LogP contribution in [0.4, 0.5) is 0 Å². The standard InChI is InChI=1S/C17H18ClIN2O9/c1-7(22)27-6-12-13(28-8(2)23)14(29-9(3)24)16(30-12)21-5-10(11(18)4-19)15(25)20-17(21)26/h4-5,12-14,16H,6H2,1-3H3,(H,20,25,26)/b11-4+/t12-,13-,14-,16-/m1/s1. The molecule has 0 radical (unpaired) electrons. The van der Waals surface area contributed by atoms with Gasteiger partial charge in [-0.25, -0.2) is 4.79 Å². The van der Waals surface area contributed by atoms with Crippen molar-refractivity contribution in [1.82, 2.24) is 9.55 Å². The molecule has 1 aliphatic rings. The number of rotatable bonds is 6. The first-order valence-corrected chi connectivity index (χ1v) is 10.1. The van der Waals surface area contributed by atoms with Crippen LogP contribution in [0, 0.1) is 0 Å². The number of hydrogen-bond acceptors (Lipinski definition) is 9. The molecule has 0 bridgehead atoms. The highest BCUT2D eigenvalue weighted by Crippen LogP contribution is 2.34. The maximum atomic E-state index is 12.5. The fourth-order valence-electron chi connectivity index (χ4n) is 2.82. The van der Waals surface area contributed by atoms with Gasteiger partial charge in [0.05, 0.1) is 10.6 Å². The lowest BCUT2D eigenvalue weighted by Gasteiger charge is -2.24. The summed E-state index contributed by atoms with van der Waals surface area (Å²) < 4.78 is 23.5. The van der Waals surface area contributed by atoms with Crippen LogP contribution in [0.3, 0.4) is 0 Å². The molecule has 1 saturated heterocycles. The quantitative estimate of drug-likeness (QED) is 0.306. The molecule has 30 heavy (non-hydrogen) atoms. The minimum atomic E-state index is -1.31. The average Bonchev–Trinajstić information content (AvgIpc) is 2.95. The molecular formula is C17H18ClIN2O9. The van der Waals surface area contributed by atoms with E-state index in [9.17, 15) is 24.0 Å². The summed E-state index contributed by atoms with van der Waals surface area (Å²) in [4.78, 5) is 61.1. The molecule has 0 spiro atoms. The van der Waals surface area contributed by atoms with Crippen LogP contribution in [0.25, 0.3) is 5.03 Å². The number of hydrogen-bond donors (Lipinski definition) is 1. The number of ether oxygens (including phenoxy) is 4. The van der Waals surface area contributed by atoms with Gasteiger partial charge in [-0.15, -0.1) is 0 Å². The van der Waals surface area contributed by atoms with Gasteiger partial charge < -0.3 is 18.9 Å². The first-order valence-electron chi connectivity index (χ1n) is 8.50. The zero-order chi connectivity index (χ0) is 22.6. The number of carbonyl (C=O) groups excluding carboxylic acids is 3. The Balaban J connectivity index is 2.56. The Morgan fingerprint density at radius 2 is 1.77 bits per heavy atom. The van der Waals surface area contributed by atoms with Crippen molar-refractivity contribution < 1.29 is 33.3 Å². The van der Waals surface area contributed by atoms with Crippen LogP contribution in [0.15, 0.2) is 19.9 Å². The minimum absolute atomic E-state index is 0.0386. The van der Waals surface area contributed by atoms with Gasteiger partial charge in [0, 0.05) is 27.0 Å². The van der Waals surface area contributed by atoms with E-state index in [2.05, 4.69) is 4.98 Å². The fraction of sp³-hybridized carbons (Fsp3) is 0.471. The predicted molar refractivity (Wildman–Crippen MR) is 111 cm³/mol. The van der Waals surface area contributed by atoms with E-state index in [-0.39, 0.29) is 17.2 Å². The second-order valence-electron chi connectivity index (χ2n) is 6.18. The van der Waals surface area contributed by atoms with E-state index in [1.807, 2.05) is 22.6 Å². The Kier molecular flexibility index (Phi) is 8.20. The third-order valence-electron chi connectivity index (χ3n) is 3.94. The topological polar surface area (TPSA) is 143 Å². The average molecular weight is 557 g/mol. The van der Waals surface area contributed by atoms with Gasteiger partial charge in [0.25, 0.3) is 5.56 Å². The maximum Gasteiger partial charge on any atom is 0.330 e. The van der Waals surface area contributed by atoms with Gasteiger partial charge in [0.2, 0.25) is 0 Å². The third-order valence-corrected chi connectivity index (χ3v) is 5.24. The Bertz CT molecular complexity index is 986. The summed E-state index contributed by atoms with van der Waals surface area (Å²) in [5.41, 5.74) is -1.65. The minimum Gasteiger partial charge on any atom is -0.463 e. The van der Waals surface area contributed by atoms with Crippen LogP contribution < -0.4 is 11.2 Å². The normalized spacial score (nSPS) is 23.7. The molecular weight excluding hydrogens is 539 g/mol. The molecule has 4 atom stereocenters. The molecule has 0 aromatic carbocycles. The molecule has 1 aromatic heterocycles. The Morgan fingerprint density at radius 3 is 2.30 bits per heavy atom. The van der Waals surface area contributed by atoms with Crippen molar-refractivity contribution in [2.75, 3.05) is 6.61 Å². The molecule has 0 unspecified atom stereocenters. The fourth-order valence-corrected chi connectivity index (χ4v) is 3.29. The van der Waals surface area contributed by atoms with Crippen molar-refractivity contribution in [2.24, 2.45) is 0 Å². The van der Waals surface area contributed by atoms with Gasteiger partial charge in [-0.1, -0.05) is 34.2 Å². The zero-order valence-electron chi connectivity index (χ0n) is 16.0. The summed E-state index contributed by atoms with van der Waals surface area (Å²) in [5, 5.41) is 0.0561. The van der Waals surface area contributed by atoms with Crippen molar-refractivity contribution in [2.45, 2.75) is 45.3 Å². The summed E-state index contributed by atoms with van der Waals surface area (Å²) >= 11 is 7.84. The maximum absolute atomic E-state index is 12.5. The molecule has 0 saturated carbocycles. The predicted octanol–water partition coefficient (Wildman–Crippen LogP) is 0.833. The van der Waals surface area contributed by atoms with Crippen molar-refractivity contribution in [1.29, 1.82) is 0 Å². The van der Waals surface area contributed by atoms with Crippen LogP contribution in [-0.4, -0.2) is 52.4 Å². The Morgan fingerprint density at radius 1 is 1.17 bits per heavy atom. The second-order valence-corrected chi connectivity index (χ2v) is 7.21. The number of aromatic amines is 1. The summed E-state index contributed by atoms with van der Waals surface area (Å²) in [7, 11) is 0. The number of H-pyrrole nitrogens is 1. The van der Waals surface area contributed by atoms with Crippen molar-refractivity contribution in [3.63, 3.8) is 0 Å². The van der Waals surface area contributed by atoms with Crippen LogP contribution >= 0.6 is 34.2 Å². The smallest absolute Gasteiger partial charge is 0.330 e. The molecule has 11 nitrogen and oxygen atoms in total. The van der Waals surface area contributed by atoms with E-state index in [0.717, 1.165) is 24.6 Å². The second kappa shape index (κ2) is 10.2. The highest BCUT2D eigenvalue weighted by atomic mass is 127. The van der Waals surface area contributed by atoms with Crippen molar-refractivity contribution in [3.05, 3.63) is 36.7 Å². The van der Waals surface area contributed by atoms with Gasteiger partial charge in [0.1, 0.15) is 12.7 Å². The van der Waals surface area contributed by atoms with Crippen LogP contribution in [0.1, 0.15) is 32.6 Å². The Hall–Kier alpha value is -2.19. The van der Waals surface area contributed by atoms with E-state index in [1.165, 1.54) is 11.0 Å². The van der Waals surface area contributed by atoms with E-state index < -0.39 is 53.7 Å². The van der Waals surface area contributed by atoms with Gasteiger partial charge in [-0.05, 0) is 4.08 Å². The highest BCUT2D eigenvalue weighted by molar-refractivity contribution is 14.1. The monoisotopic (exact) mass is 556 g/mol. The number of halogens is 2. The van der Waals surface area contributed by atoms with Crippen molar-refractivity contribution in [3.8, 4) is 0 Å². The van der Waals surface area contributed by atoms with Gasteiger partial charge >= 0.3 is 23.6 Å². The van der Waals surface area contributed by atoms with E-state index in [4.69, 9.17) is 30.5 Å². The lowest BCUT2D eigenvalue weighted by atomic mass is 10.1. The number of esters is 3. The third kappa shape index (κ3) is 5.70. The van der Waals surface area contributed by atoms with Gasteiger partial charge in [-0.3, -0.25) is 28.7 Å². The molecule has 1 N–H and O–H groups in total. The number of carbonyl (C=O) groups is 3. The lowest BCUT2D eigenvalue weighted by Crippen LogP contribution is -2.42. The molecule has 0 amide bonds.